The summed E-state index contributed by atoms with van der Waals surface area (Å²) in [5, 5.41) is 9.19. The Morgan fingerprint density at radius 1 is 1.89 bits per heavy atom. The maximum Gasteiger partial charge on any atom is 0.0895 e. The second-order valence-corrected chi connectivity index (χ2v) is 2.75. The molecule has 0 aliphatic rings. The van der Waals surface area contributed by atoms with E-state index in [1.54, 1.807) is 11.7 Å². The zero-order valence-electron chi connectivity index (χ0n) is 5.24. The van der Waals surface area contributed by atoms with Crippen LogP contribution in [0.1, 0.15) is 24.3 Å². The zero-order chi connectivity index (χ0) is 6.69. The van der Waals surface area contributed by atoms with E-state index in [0.29, 0.717) is 0 Å². The highest BCUT2D eigenvalue weighted by Gasteiger charge is 2.03. The van der Waals surface area contributed by atoms with Crippen LogP contribution in [0.2, 0.25) is 0 Å². The summed E-state index contributed by atoms with van der Waals surface area (Å²) in [6.07, 6.45) is 2.17. The van der Waals surface area contributed by atoms with Gasteiger partial charge in [-0.25, -0.2) is 0 Å². The van der Waals surface area contributed by atoms with Crippen LogP contribution in [0.4, 0.5) is 0 Å². The molecule has 0 aliphatic heterocycles. The Hall–Kier alpha value is -0.410. The number of thiazole rings is 1. The molecule has 0 unspecified atom stereocenters. The van der Waals surface area contributed by atoms with Crippen molar-refractivity contribution in [2.75, 3.05) is 0 Å². The highest BCUT2D eigenvalue weighted by molar-refractivity contribution is 7.09. The number of aliphatic hydroxyl groups is 1. The van der Waals surface area contributed by atoms with Gasteiger partial charge < -0.3 is 5.11 Å². The first-order chi connectivity index (χ1) is 4.34. The fourth-order valence-electron chi connectivity index (χ4n) is 0.591. The van der Waals surface area contributed by atoms with Crippen molar-refractivity contribution in [2.45, 2.75) is 19.4 Å². The van der Waals surface area contributed by atoms with E-state index in [9.17, 15) is 5.11 Å². The lowest BCUT2D eigenvalue weighted by Gasteiger charge is -2.00. The van der Waals surface area contributed by atoms with Crippen LogP contribution in [0, 0.1) is 0 Å². The monoisotopic (exact) mass is 143 g/mol. The predicted octanol–water partition coefficient (Wildman–Crippen LogP) is 1.59. The van der Waals surface area contributed by atoms with Gasteiger partial charge in [0.2, 0.25) is 0 Å². The summed E-state index contributed by atoms with van der Waals surface area (Å²) >= 11 is 1.49. The minimum absolute atomic E-state index is 0.308. The Balaban J connectivity index is 2.65. The topological polar surface area (TPSA) is 33.1 Å². The van der Waals surface area contributed by atoms with Crippen LogP contribution in [0.15, 0.2) is 11.7 Å². The number of aliphatic hydroxyl groups excluding tert-OH is 1. The second kappa shape index (κ2) is 2.94. The molecule has 0 saturated heterocycles. The summed E-state index contributed by atoms with van der Waals surface area (Å²) in [6, 6.07) is 0. The first kappa shape index (κ1) is 6.71. The standard InChI is InChI=1S/C6H9NOS/c1-2-5(8)6-3-7-4-9-6/h3-5,8H,2H2,1H3/t5-/m1/s1. The number of rotatable bonds is 2. The van der Waals surface area contributed by atoms with Crippen molar-refractivity contribution < 1.29 is 5.11 Å². The molecular weight excluding hydrogens is 134 g/mol. The van der Waals surface area contributed by atoms with E-state index in [0.717, 1.165) is 11.3 Å². The molecule has 1 aromatic heterocycles. The van der Waals surface area contributed by atoms with Crippen molar-refractivity contribution in [3.8, 4) is 0 Å². The minimum atomic E-state index is -0.308. The Kier molecular flexibility index (Phi) is 2.19. The van der Waals surface area contributed by atoms with E-state index in [2.05, 4.69) is 4.98 Å². The minimum Gasteiger partial charge on any atom is -0.388 e. The van der Waals surface area contributed by atoms with Gasteiger partial charge in [-0.3, -0.25) is 4.98 Å². The van der Waals surface area contributed by atoms with E-state index in [-0.39, 0.29) is 6.10 Å². The van der Waals surface area contributed by atoms with Gasteiger partial charge >= 0.3 is 0 Å². The molecule has 1 N–H and O–H groups in total. The maximum absolute atomic E-state index is 9.19. The molecule has 0 aromatic carbocycles. The van der Waals surface area contributed by atoms with Crippen LogP contribution in [-0.2, 0) is 0 Å². The van der Waals surface area contributed by atoms with E-state index in [1.165, 1.54) is 11.3 Å². The molecule has 50 valence electrons. The maximum atomic E-state index is 9.19. The summed E-state index contributed by atoms with van der Waals surface area (Å²) in [6.45, 7) is 1.95. The molecule has 0 fully saturated rings. The molecular formula is C6H9NOS. The van der Waals surface area contributed by atoms with E-state index < -0.39 is 0 Å². The van der Waals surface area contributed by atoms with Crippen molar-refractivity contribution in [3.63, 3.8) is 0 Å². The van der Waals surface area contributed by atoms with Crippen molar-refractivity contribution in [3.05, 3.63) is 16.6 Å². The normalized spacial score (nSPS) is 13.6. The second-order valence-electron chi connectivity index (χ2n) is 1.83. The molecule has 0 aliphatic carbocycles. The number of nitrogens with zero attached hydrogens (tertiary/aromatic N) is 1. The number of hydrogen-bond acceptors (Lipinski definition) is 3. The van der Waals surface area contributed by atoms with Crippen molar-refractivity contribution in [2.24, 2.45) is 0 Å². The molecule has 1 rings (SSSR count). The molecule has 0 bridgehead atoms. The third kappa shape index (κ3) is 1.50. The highest BCUT2D eigenvalue weighted by atomic mass is 32.1. The number of hydrogen-bond donors (Lipinski definition) is 1. The van der Waals surface area contributed by atoms with Crippen LogP contribution in [0.3, 0.4) is 0 Å². The average Bonchev–Trinajstić information content (AvgIpc) is 2.37. The van der Waals surface area contributed by atoms with Crippen LogP contribution < -0.4 is 0 Å². The van der Waals surface area contributed by atoms with Gasteiger partial charge in [0.15, 0.2) is 0 Å². The highest BCUT2D eigenvalue weighted by Crippen LogP contribution is 2.18. The Labute approximate surface area is 58.2 Å². The predicted molar refractivity (Wildman–Crippen MR) is 37.4 cm³/mol. The molecule has 9 heavy (non-hydrogen) atoms. The fraction of sp³-hybridized carbons (Fsp3) is 0.500. The average molecular weight is 143 g/mol. The quantitative estimate of drug-likeness (QED) is 0.682. The molecule has 1 atom stereocenters. The van der Waals surface area contributed by atoms with E-state index in [4.69, 9.17) is 0 Å². The van der Waals surface area contributed by atoms with Crippen LogP contribution in [0.25, 0.3) is 0 Å². The lowest BCUT2D eigenvalue weighted by Crippen LogP contribution is -1.89. The van der Waals surface area contributed by atoms with Crippen molar-refractivity contribution in [1.29, 1.82) is 0 Å². The zero-order valence-corrected chi connectivity index (χ0v) is 6.06. The molecule has 2 nitrogen and oxygen atoms in total. The Bertz CT molecular complexity index is 162. The van der Waals surface area contributed by atoms with Gasteiger partial charge in [0.05, 0.1) is 16.5 Å². The Morgan fingerprint density at radius 3 is 3.11 bits per heavy atom. The smallest absolute Gasteiger partial charge is 0.0895 e. The lowest BCUT2D eigenvalue weighted by molar-refractivity contribution is 0.177. The third-order valence-electron chi connectivity index (χ3n) is 1.17. The third-order valence-corrected chi connectivity index (χ3v) is 2.04. The van der Waals surface area contributed by atoms with Gasteiger partial charge in [-0.2, -0.15) is 0 Å². The SMILES string of the molecule is CC[C@@H](O)c1cncs1. The van der Waals surface area contributed by atoms with Crippen LogP contribution >= 0.6 is 11.3 Å². The molecule has 0 saturated carbocycles. The summed E-state index contributed by atoms with van der Waals surface area (Å²) < 4.78 is 0. The molecule has 0 spiro atoms. The largest absolute Gasteiger partial charge is 0.388 e. The van der Waals surface area contributed by atoms with Gasteiger partial charge in [0.25, 0.3) is 0 Å². The van der Waals surface area contributed by atoms with Gasteiger partial charge in [-0.1, -0.05) is 6.92 Å². The first-order valence-corrected chi connectivity index (χ1v) is 3.79. The van der Waals surface area contributed by atoms with Gasteiger partial charge in [-0.15, -0.1) is 11.3 Å². The van der Waals surface area contributed by atoms with Crippen LogP contribution in [-0.4, -0.2) is 10.1 Å². The summed E-state index contributed by atoms with van der Waals surface area (Å²) in [7, 11) is 0. The Morgan fingerprint density at radius 2 is 2.67 bits per heavy atom. The van der Waals surface area contributed by atoms with Gasteiger partial charge in [0, 0.05) is 6.20 Å². The molecule has 0 amide bonds. The molecule has 0 radical (unpaired) electrons. The van der Waals surface area contributed by atoms with E-state index >= 15 is 0 Å². The van der Waals surface area contributed by atoms with Gasteiger partial charge in [-0.05, 0) is 6.42 Å². The molecule has 3 heteroatoms. The summed E-state index contributed by atoms with van der Waals surface area (Å²) in [5.74, 6) is 0. The number of aromatic nitrogens is 1. The van der Waals surface area contributed by atoms with Crippen molar-refractivity contribution in [1.82, 2.24) is 4.98 Å². The summed E-state index contributed by atoms with van der Waals surface area (Å²) in [4.78, 5) is 4.81. The fourth-order valence-corrected chi connectivity index (χ4v) is 1.28. The van der Waals surface area contributed by atoms with Crippen molar-refractivity contribution >= 4 is 11.3 Å². The first-order valence-electron chi connectivity index (χ1n) is 2.91. The van der Waals surface area contributed by atoms with Gasteiger partial charge in [0.1, 0.15) is 0 Å². The molecule has 1 aromatic rings. The lowest BCUT2D eigenvalue weighted by atomic mass is 10.2. The van der Waals surface area contributed by atoms with Crippen LogP contribution in [0.5, 0.6) is 0 Å². The van der Waals surface area contributed by atoms with E-state index in [1.807, 2.05) is 6.92 Å². The summed E-state index contributed by atoms with van der Waals surface area (Å²) in [5.41, 5.74) is 1.73. The molecule has 1 heterocycles.